The zero-order valence-corrected chi connectivity index (χ0v) is 9.43. The summed E-state index contributed by atoms with van der Waals surface area (Å²) in [6, 6.07) is 9.61. The Morgan fingerprint density at radius 2 is 2.00 bits per heavy atom. The number of nitrogens with two attached hydrogens (primary N) is 1. The summed E-state index contributed by atoms with van der Waals surface area (Å²) in [6.07, 6.45) is 1.63. The minimum atomic E-state index is -0.412. The summed E-state index contributed by atoms with van der Waals surface area (Å²) in [5.74, 6) is 0.0959. The zero-order valence-electron chi connectivity index (χ0n) is 9.43. The Balaban J connectivity index is 2.17. The molecule has 88 valence electrons. The first-order valence-corrected chi connectivity index (χ1v) is 5.31. The third-order valence-corrected chi connectivity index (χ3v) is 2.34. The molecule has 1 atom stereocenters. The van der Waals surface area contributed by atoms with E-state index in [-0.39, 0.29) is 11.8 Å². The Labute approximate surface area is 99.1 Å². The van der Waals surface area contributed by atoms with Gasteiger partial charge in [-0.15, -0.1) is 0 Å². The van der Waals surface area contributed by atoms with Crippen molar-refractivity contribution in [2.75, 3.05) is 0 Å². The largest absolute Gasteiger partial charge is 0.436 e. The Kier molecular flexibility index (Phi) is 3.35. The number of hydrogen-bond acceptors (Lipinski definition) is 3. The highest BCUT2D eigenvalue weighted by Crippen LogP contribution is 2.22. The van der Waals surface area contributed by atoms with E-state index < -0.39 is 5.82 Å². The number of benzene rings is 1. The van der Waals surface area contributed by atoms with Gasteiger partial charge in [0.1, 0.15) is 0 Å². The Bertz CT molecular complexity index is 497. The lowest BCUT2D eigenvalue weighted by atomic mass is 10.2. The molecule has 4 heteroatoms. The van der Waals surface area contributed by atoms with E-state index >= 15 is 0 Å². The van der Waals surface area contributed by atoms with Gasteiger partial charge in [-0.05, 0) is 24.6 Å². The van der Waals surface area contributed by atoms with Gasteiger partial charge in [-0.25, -0.2) is 9.37 Å². The van der Waals surface area contributed by atoms with E-state index in [1.807, 2.05) is 13.0 Å². The maximum absolute atomic E-state index is 13.3. The van der Waals surface area contributed by atoms with Crippen molar-refractivity contribution < 1.29 is 9.13 Å². The van der Waals surface area contributed by atoms with Gasteiger partial charge in [-0.3, -0.25) is 0 Å². The van der Waals surface area contributed by atoms with Gasteiger partial charge in [0.25, 0.3) is 0 Å². The van der Waals surface area contributed by atoms with Crippen molar-refractivity contribution in [3.8, 4) is 11.6 Å². The zero-order chi connectivity index (χ0) is 12.3. The van der Waals surface area contributed by atoms with Crippen LogP contribution in [0.25, 0.3) is 0 Å². The third-order valence-electron chi connectivity index (χ3n) is 2.34. The topological polar surface area (TPSA) is 48.1 Å². The Morgan fingerprint density at radius 1 is 1.24 bits per heavy atom. The highest BCUT2D eigenvalue weighted by Gasteiger charge is 2.05. The average Bonchev–Trinajstić information content (AvgIpc) is 2.33. The van der Waals surface area contributed by atoms with Gasteiger partial charge < -0.3 is 10.5 Å². The van der Waals surface area contributed by atoms with Gasteiger partial charge in [0.2, 0.25) is 5.88 Å². The van der Waals surface area contributed by atoms with Crippen molar-refractivity contribution in [2.24, 2.45) is 5.73 Å². The molecule has 0 radical (unpaired) electrons. The molecule has 1 heterocycles. The minimum absolute atomic E-state index is 0.0787. The minimum Gasteiger partial charge on any atom is -0.436 e. The van der Waals surface area contributed by atoms with E-state index in [0.29, 0.717) is 5.88 Å². The van der Waals surface area contributed by atoms with Crippen molar-refractivity contribution in [3.63, 3.8) is 0 Å². The SMILES string of the molecule is C[C@H](N)c1ccc(Oc2ccccc2F)nc1. The maximum atomic E-state index is 13.3. The average molecular weight is 232 g/mol. The smallest absolute Gasteiger partial charge is 0.219 e. The van der Waals surface area contributed by atoms with Crippen molar-refractivity contribution in [1.82, 2.24) is 4.98 Å². The lowest BCUT2D eigenvalue weighted by Gasteiger charge is -2.07. The van der Waals surface area contributed by atoms with Gasteiger partial charge in [0.15, 0.2) is 11.6 Å². The van der Waals surface area contributed by atoms with Crippen LogP contribution >= 0.6 is 0 Å². The summed E-state index contributed by atoms with van der Waals surface area (Å²) in [5, 5.41) is 0. The number of nitrogens with zero attached hydrogens (tertiary/aromatic N) is 1. The van der Waals surface area contributed by atoms with Crippen LogP contribution in [0.5, 0.6) is 11.6 Å². The summed E-state index contributed by atoms with van der Waals surface area (Å²) in [5.41, 5.74) is 6.61. The highest BCUT2D eigenvalue weighted by molar-refractivity contribution is 5.29. The second-order valence-electron chi connectivity index (χ2n) is 3.75. The molecule has 0 spiro atoms. The van der Waals surface area contributed by atoms with Gasteiger partial charge in [-0.1, -0.05) is 18.2 Å². The normalized spacial score (nSPS) is 12.2. The van der Waals surface area contributed by atoms with Crippen LogP contribution in [-0.4, -0.2) is 4.98 Å². The molecule has 0 bridgehead atoms. The molecule has 0 amide bonds. The molecule has 0 unspecified atom stereocenters. The molecule has 1 aromatic heterocycles. The van der Waals surface area contributed by atoms with E-state index in [0.717, 1.165) is 5.56 Å². The molecule has 2 aromatic rings. The predicted octanol–water partition coefficient (Wildman–Crippen LogP) is 3.03. The van der Waals surface area contributed by atoms with Crippen LogP contribution in [-0.2, 0) is 0 Å². The second kappa shape index (κ2) is 4.93. The van der Waals surface area contributed by atoms with Crippen LogP contribution in [0.3, 0.4) is 0 Å². The molecule has 2 rings (SSSR count). The highest BCUT2D eigenvalue weighted by atomic mass is 19.1. The molecule has 0 aliphatic heterocycles. The lowest BCUT2D eigenvalue weighted by Crippen LogP contribution is -2.05. The van der Waals surface area contributed by atoms with Gasteiger partial charge in [0, 0.05) is 18.3 Å². The first-order chi connectivity index (χ1) is 8.16. The fourth-order valence-electron chi connectivity index (χ4n) is 1.36. The molecule has 0 saturated carbocycles. The second-order valence-corrected chi connectivity index (χ2v) is 3.75. The van der Waals surface area contributed by atoms with E-state index in [2.05, 4.69) is 4.98 Å². The number of ether oxygens (including phenoxy) is 1. The summed E-state index contributed by atoms with van der Waals surface area (Å²) in [6.45, 7) is 1.87. The van der Waals surface area contributed by atoms with E-state index in [1.54, 1.807) is 30.5 Å². The monoisotopic (exact) mass is 232 g/mol. The standard InChI is InChI=1S/C13H13FN2O/c1-9(15)10-6-7-13(16-8-10)17-12-5-3-2-4-11(12)14/h2-9H,15H2,1H3/t9-/m0/s1. The van der Waals surface area contributed by atoms with Crippen LogP contribution in [0.1, 0.15) is 18.5 Å². The van der Waals surface area contributed by atoms with Gasteiger partial charge in [-0.2, -0.15) is 0 Å². The number of halogens is 1. The molecule has 0 saturated heterocycles. The van der Waals surface area contributed by atoms with Gasteiger partial charge in [0.05, 0.1) is 0 Å². The van der Waals surface area contributed by atoms with Crippen molar-refractivity contribution in [1.29, 1.82) is 0 Å². The predicted molar refractivity (Wildman–Crippen MR) is 63.3 cm³/mol. The van der Waals surface area contributed by atoms with Crippen LogP contribution in [0.15, 0.2) is 42.6 Å². The quantitative estimate of drug-likeness (QED) is 0.884. The first-order valence-electron chi connectivity index (χ1n) is 5.31. The molecule has 17 heavy (non-hydrogen) atoms. The van der Waals surface area contributed by atoms with Crippen molar-refractivity contribution in [3.05, 3.63) is 54.0 Å². The summed E-state index contributed by atoms with van der Waals surface area (Å²) in [7, 11) is 0. The molecule has 0 aliphatic carbocycles. The Morgan fingerprint density at radius 3 is 2.59 bits per heavy atom. The number of hydrogen-bond donors (Lipinski definition) is 1. The van der Waals surface area contributed by atoms with Gasteiger partial charge >= 0.3 is 0 Å². The molecule has 3 nitrogen and oxygen atoms in total. The van der Waals surface area contributed by atoms with E-state index in [4.69, 9.17) is 10.5 Å². The number of pyridine rings is 1. The van der Waals surface area contributed by atoms with E-state index in [9.17, 15) is 4.39 Å². The number of para-hydroxylation sites is 1. The third kappa shape index (κ3) is 2.79. The van der Waals surface area contributed by atoms with E-state index in [1.165, 1.54) is 6.07 Å². The van der Waals surface area contributed by atoms with Crippen LogP contribution in [0, 0.1) is 5.82 Å². The first kappa shape index (κ1) is 11.5. The van der Waals surface area contributed by atoms with Crippen LogP contribution in [0.4, 0.5) is 4.39 Å². The summed E-state index contributed by atoms with van der Waals surface area (Å²) in [4.78, 5) is 4.07. The van der Waals surface area contributed by atoms with Crippen molar-refractivity contribution in [2.45, 2.75) is 13.0 Å². The molecule has 2 N–H and O–H groups in total. The molecule has 0 fully saturated rings. The number of rotatable bonds is 3. The lowest BCUT2D eigenvalue weighted by molar-refractivity contribution is 0.427. The van der Waals surface area contributed by atoms with Crippen molar-refractivity contribution >= 4 is 0 Å². The van der Waals surface area contributed by atoms with Crippen LogP contribution in [0.2, 0.25) is 0 Å². The number of aromatic nitrogens is 1. The molecule has 1 aromatic carbocycles. The maximum Gasteiger partial charge on any atom is 0.219 e. The summed E-state index contributed by atoms with van der Waals surface area (Å²) >= 11 is 0. The fraction of sp³-hybridized carbons (Fsp3) is 0.154. The summed E-state index contributed by atoms with van der Waals surface area (Å²) < 4.78 is 18.6. The molecular weight excluding hydrogens is 219 g/mol. The fourth-order valence-corrected chi connectivity index (χ4v) is 1.36. The van der Waals surface area contributed by atoms with Crippen LogP contribution < -0.4 is 10.5 Å². The molecule has 0 aliphatic rings. The Hall–Kier alpha value is -1.94. The molecular formula is C13H13FN2O.